The smallest absolute Gasteiger partial charge is 0.186 e. The van der Waals surface area contributed by atoms with Gasteiger partial charge in [-0.25, -0.2) is 14.4 Å². The number of aryl methyl sites for hydroxylation is 1. The van der Waals surface area contributed by atoms with E-state index in [1.165, 1.54) is 6.33 Å². The van der Waals surface area contributed by atoms with Gasteiger partial charge in [0.05, 0.1) is 5.69 Å². The molecule has 1 unspecified atom stereocenters. The highest BCUT2D eigenvalue weighted by molar-refractivity contribution is 7.98. The highest BCUT2D eigenvalue weighted by Crippen LogP contribution is 2.14. The van der Waals surface area contributed by atoms with Crippen LogP contribution in [0.4, 0.5) is 10.2 Å². The van der Waals surface area contributed by atoms with E-state index in [4.69, 9.17) is 0 Å². The molecule has 1 atom stereocenters. The minimum absolute atomic E-state index is 0.318. The van der Waals surface area contributed by atoms with Gasteiger partial charge < -0.3 is 5.32 Å². The lowest BCUT2D eigenvalue weighted by Crippen LogP contribution is -2.15. The van der Waals surface area contributed by atoms with Crippen LogP contribution in [0.2, 0.25) is 0 Å². The molecule has 0 aliphatic heterocycles. The van der Waals surface area contributed by atoms with Crippen LogP contribution in [0.3, 0.4) is 0 Å². The van der Waals surface area contributed by atoms with Crippen molar-refractivity contribution in [2.45, 2.75) is 20.3 Å². The van der Waals surface area contributed by atoms with Gasteiger partial charge >= 0.3 is 0 Å². The maximum absolute atomic E-state index is 13.7. The first-order chi connectivity index (χ1) is 7.69. The van der Waals surface area contributed by atoms with E-state index in [2.05, 4.69) is 28.5 Å². The summed E-state index contributed by atoms with van der Waals surface area (Å²) in [7, 11) is 0. The Morgan fingerprint density at radius 2 is 2.25 bits per heavy atom. The standard InChI is InChI=1S/C11H18FN3S/c1-4-9-10(12)11(15-7-14-9)13-5-8(2)6-16-3/h7-8H,4-6H2,1-3H3,(H,13,14,15). The SMILES string of the molecule is CCc1ncnc(NCC(C)CSC)c1F. The third-order valence-corrected chi connectivity index (χ3v) is 3.17. The lowest BCUT2D eigenvalue weighted by Gasteiger charge is -2.12. The molecule has 0 aliphatic carbocycles. The molecule has 5 heteroatoms. The third-order valence-electron chi connectivity index (χ3n) is 2.27. The van der Waals surface area contributed by atoms with Gasteiger partial charge in [-0.3, -0.25) is 0 Å². The average molecular weight is 243 g/mol. The van der Waals surface area contributed by atoms with Crippen LogP contribution in [-0.2, 0) is 6.42 Å². The largest absolute Gasteiger partial charge is 0.367 e. The summed E-state index contributed by atoms with van der Waals surface area (Å²) >= 11 is 1.79. The molecule has 0 aliphatic rings. The minimum atomic E-state index is -0.318. The Labute approximate surface area is 100 Å². The Bertz CT molecular complexity index is 333. The van der Waals surface area contributed by atoms with Crippen LogP contribution in [0.5, 0.6) is 0 Å². The molecule has 0 bridgehead atoms. The molecular weight excluding hydrogens is 225 g/mol. The van der Waals surface area contributed by atoms with Gasteiger partial charge in [-0.15, -0.1) is 0 Å². The molecule has 0 spiro atoms. The fourth-order valence-corrected chi connectivity index (χ4v) is 2.08. The van der Waals surface area contributed by atoms with Crippen molar-refractivity contribution in [3.8, 4) is 0 Å². The summed E-state index contributed by atoms with van der Waals surface area (Å²) in [6.07, 6.45) is 4.06. The van der Waals surface area contributed by atoms with E-state index in [0.29, 0.717) is 23.9 Å². The monoisotopic (exact) mass is 243 g/mol. The molecule has 1 rings (SSSR count). The number of halogens is 1. The van der Waals surface area contributed by atoms with E-state index in [0.717, 1.165) is 12.3 Å². The minimum Gasteiger partial charge on any atom is -0.367 e. The molecular formula is C11H18FN3S. The zero-order chi connectivity index (χ0) is 12.0. The summed E-state index contributed by atoms with van der Waals surface area (Å²) in [5.41, 5.74) is 0.468. The highest BCUT2D eigenvalue weighted by Gasteiger charge is 2.10. The van der Waals surface area contributed by atoms with Gasteiger partial charge in [0.15, 0.2) is 11.6 Å². The zero-order valence-electron chi connectivity index (χ0n) is 9.96. The number of thioether (sulfide) groups is 1. The highest BCUT2D eigenvalue weighted by atomic mass is 32.2. The van der Waals surface area contributed by atoms with Crippen molar-refractivity contribution in [3.63, 3.8) is 0 Å². The maximum atomic E-state index is 13.7. The molecule has 0 saturated heterocycles. The van der Waals surface area contributed by atoms with Crippen LogP contribution in [0.1, 0.15) is 19.5 Å². The number of nitrogens with zero attached hydrogens (tertiary/aromatic N) is 2. The molecule has 1 aromatic heterocycles. The quantitative estimate of drug-likeness (QED) is 0.833. The van der Waals surface area contributed by atoms with E-state index in [1.807, 2.05) is 6.92 Å². The van der Waals surface area contributed by atoms with Crippen LogP contribution in [0.25, 0.3) is 0 Å². The molecule has 0 amide bonds. The third kappa shape index (κ3) is 3.63. The van der Waals surface area contributed by atoms with E-state index in [1.54, 1.807) is 11.8 Å². The summed E-state index contributed by atoms with van der Waals surface area (Å²) in [6.45, 7) is 4.74. The molecule has 1 heterocycles. The topological polar surface area (TPSA) is 37.8 Å². The molecule has 0 aromatic carbocycles. The van der Waals surface area contributed by atoms with Crippen molar-refractivity contribution in [2.75, 3.05) is 23.9 Å². The number of anilines is 1. The summed E-state index contributed by atoms with van der Waals surface area (Å²) in [4.78, 5) is 7.81. The van der Waals surface area contributed by atoms with Crippen LogP contribution >= 0.6 is 11.8 Å². The van der Waals surface area contributed by atoms with Gasteiger partial charge in [0.1, 0.15) is 6.33 Å². The second kappa shape index (κ2) is 6.68. The first-order valence-corrected chi connectivity index (χ1v) is 6.80. The molecule has 0 saturated carbocycles. The van der Waals surface area contributed by atoms with Gasteiger partial charge in [-0.05, 0) is 24.3 Å². The molecule has 3 nitrogen and oxygen atoms in total. The van der Waals surface area contributed by atoms with Crippen molar-refractivity contribution >= 4 is 17.6 Å². The first-order valence-electron chi connectivity index (χ1n) is 5.41. The number of aromatic nitrogens is 2. The summed E-state index contributed by atoms with van der Waals surface area (Å²) in [5, 5.41) is 3.03. The Morgan fingerprint density at radius 1 is 1.50 bits per heavy atom. The normalized spacial score (nSPS) is 12.5. The Kier molecular flexibility index (Phi) is 5.52. The van der Waals surface area contributed by atoms with Crippen LogP contribution < -0.4 is 5.32 Å². The lowest BCUT2D eigenvalue weighted by atomic mass is 10.2. The number of rotatable bonds is 6. The van der Waals surface area contributed by atoms with E-state index in [-0.39, 0.29) is 5.82 Å². The lowest BCUT2D eigenvalue weighted by molar-refractivity contribution is 0.592. The number of hydrogen-bond donors (Lipinski definition) is 1. The van der Waals surface area contributed by atoms with E-state index < -0.39 is 0 Å². The Balaban J connectivity index is 2.60. The summed E-state index contributed by atoms with van der Waals surface area (Å²) in [5.74, 6) is 1.55. The molecule has 0 fully saturated rings. The predicted octanol–water partition coefficient (Wildman–Crippen LogP) is 2.59. The van der Waals surface area contributed by atoms with E-state index >= 15 is 0 Å². The summed E-state index contributed by atoms with van der Waals surface area (Å²) in [6, 6.07) is 0. The van der Waals surface area contributed by atoms with Gasteiger partial charge in [0, 0.05) is 6.54 Å². The maximum Gasteiger partial charge on any atom is 0.186 e. The fourth-order valence-electron chi connectivity index (χ4n) is 1.39. The Morgan fingerprint density at radius 3 is 2.88 bits per heavy atom. The average Bonchev–Trinajstić information content (AvgIpc) is 2.28. The second-order valence-corrected chi connectivity index (χ2v) is 4.69. The fraction of sp³-hybridized carbons (Fsp3) is 0.636. The van der Waals surface area contributed by atoms with Crippen molar-refractivity contribution in [3.05, 3.63) is 17.8 Å². The van der Waals surface area contributed by atoms with Gasteiger partial charge in [0.25, 0.3) is 0 Å². The first kappa shape index (κ1) is 13.2. The molecule has 1 N–H and O–H groups in total. The number of hydrogen-bond acceptors (Lipinski definition) is 4. The van der Waals surface area contributed by atoms with Crippen LogP contribution in [0.15, 0.2) is 6.33 Å². The number of nitrogens with one attached hydrogen (secondary N) is 1. The van der Waals surface area contributed by atoms with Gasteiger partial charge in [0.2, 0.25) is 0 Å². The second-order valence-electron chi connectivity index (χ2n) is 3.78. The molecule has 90 valence electrons. The van der Waals surface area contributed by atoms with Gasteiger partial charge in [-0.1, -0.05) is 13.8 Å². The van der Waals surface area contributed by atoms with E-state index in [9.17, 15) is 4.39 Å². The van der Waals surface area contributed by atoms with Crippen molar-refractivity contribution in [1.82, 2.24) is 9.97 Å². The van der Waals surface area contributed by atoms with Crippen LogP contribution in [0, 0.1) is 11.7 Å². The molecule has 16 heavy (non-hydrogen) atoms. The zero-order valence-corrected chi connectivity index (χ0v) is 10.8. The van der Waals surface area contributed by atoms with Gasteiger partial charge in [-0.2, -0.15) is 11.8 Å². The van der Waals surface area contributed by atoms with Crippen molar-refractivity contribution < 1.29 is 4.39 Å². The molecule has 0 radical (unpaired) electrons. The summed E-state index contributed by atoms with van der Waals surface area (Å²) < 4.78 is 13.7. The van der Waals surface area contributed by atoms with Crippen LogP contribution in [-0.4, -0.2) is 28.5 Å². The predicted molar refractivity (Wildman–Crippen MR) is 67.4 cm³/mol. The van der Waals surface area contributed by atoms with Crippen molar-refractivity contribution in [2.24, 2.45) is 5.92 Å². The molecule has 1 aromatic rings. The van der Waals surface area contributed by atoms with Crippen molar-refractivity contribution in [1.29, 1.82) is 0 Å². The Hall–Kier alpha value is -0.840.